The standard InChI is InChI=1S/C14H18O4/c1-10-6-12(14(15)16)2-3-13(10)9-18-8-11-4-5-17-7-11/h2-3,6,11H,4-5,7-9H2,1H3,(H,15,16). The molecule has 98 valence electrons. The Morgan fingerprint density at radius 1 is 1.56 bits per heavy atom. The molecular weight excluding hydrogens is 232 g/mol. The van der Waals surface area contributed by atoms with Crippen molar-refractivity contribution in [3.05, 3.63) is 34.9 Å². The van der Waals surface area contributed by atoms with E-state index in [2.05, 4.69) is 0 Å². The lowest BCUT2D eigenvalue weighted by Crippen LogP contribution is -2.09. The first-order valence-corrected chi connectivity index (χ1v) is 6.15. The Morgan fingerprint density at radius 2 is 2.39 bits per heavy atom. The minimum atomic E-state index is -0.895. The van der Waals surface area contributed by atoms with Crippen molar-refractivity contribution >= 4 is 5.97 Å². The fourth-order valence-electron chi connectivity index (χ4n) is 2.04. The molecule has 2 rings (SSSR count). The van der Waals surface area contributed by atoms with Crippen molar-refractivity contribution in [1.29, 1.82) is 0 Å². The summed E-state index contributed by atoms with van der Waals surface area (Å²) in [6, 6.07) is 5.12. The van der Waals surface area contributed by atoms with E-state index in [-0.39, 0.29) is 0 Å². The molecule has 0 spiro atoms. The van der Waals surface area contributed by atoms with E-state index in [9.17, 15) is 4.79 Å². The quantitative estimate of drug-likeness (QED) is 0.870. The number of hydrogen-bond acceptors (Lipinski definition) is 3. The summed E-state index contributed by atoms with van der Waals surface area (Å²) in [4.78, 5) is 10.8. The molecule has 1 aliphatic heterocycles. The van der Waals surface area contributed by atoms with Crippen molar-refractivity contribution in [3.63, 3.8) is 0 Å². The van der Waals surface area contributed by atoms with Gasteiger partial charge in [-0.1, -0.05) is 6.07 Å². The number of ether oxygens (including phenoxy) is 2. The van der Waals surface area contributed by atoms with Crippen molar-refractivity contribution in [3.8, 4) is 0 Å². The predicted octanol–water partition coefficient (Wildman–Crippen LogP) is 2.25. The van der Waals surface area contributed by atoms with Crippen molar-refractivity contribution in [2.45, 2.75) is 20.0 Å². The van der Waals surface area contributed by atoms with Gasteiger partial charge in [-0.15, -0.1) is 0 Å². The van der Waals surface area contributed by atoms with Crippen LogP contribution in [0.2, 0.25) is 0 Å². The molecule has 1 fully saturated rings. The highest BCUT2D eigenvalue weighted by Gasteiger charge is 2.15. The van der Waals surface area contributed by atoms with Gasteiger partial charge in [-0.05, 0) is 36.6 Å². The SMILES string of the molecule is Cc1cc(C(=O)O)ccc1COCC1CCOC1. The van der Waals surface area contributed by atoms with Gasteiger partial charge in [-0.2, -0.15) is 0 Å². The third kappa shape index (κ3) is 3.31. The Kier molecular flexibility index (Phi) is 4.33. The second-order valence-corrected chi connectivity index (χ2v) is 4.69. The molecule has 1 aromatic carbocycles. The third-order valence-electron chi connectivity index (χ3n) is 3.22. The monoisotopic (exact) mass is 250 g/mol. The van der Waals surface area contributed by atoms with Crippen LogP contribution in [0.1, 0.15) is 27.9 Å². The van der Waals surface area contributed by atoms with Crippen molar-refractivity contribution < 1.29 is 19.4 Å². The van der Waals surface area contributed by atoms with Crippen LogP contribution in [-0.2, 0) is 16.1 Å². The Labute approximate surface area is 107 Å². The van der Waals surface area contributed by atoms with Crippen LogP contribution in [-0.4, -0.2) is 30.9 Å². The maximum absolute atomic E-state index is 10.8. The van der Waals surface area contributed by atoms with E-state index in [4.69, 9.17) is 14.6 Å². The number of carbonyl (C=O) groups is 1. The fraction of sp³-hybridized carbons (Fsp3) is 0.500. The molecule has 4 nitrogen and oxygen atoms in total. The highest BCUT2D eigenvalue weighted by atomic mass is 16.5. The molecule has 0 aromatic heterocycles. The van der Waals surface area contributed by atoms with E-state index in [0.717, 1.165) is 30.8 Å². The van der Waals surface area contributed by atoms with E-state index in [0.29, 0.717) is 24.7 Å². The topological polar surface area (TPSA) is 55.8 Å². The molecule has 1 saturated heterocycles. The zero-order valence-electron chi connectivity index (χ0n) is 10.5. The molecule has 4 heteroatoms. The number of aryl methyl sites for hydroxylation is 1. The van der Waals surface area contributed by atoms with E-state index in [1.54, 1.807) is 12.1 Å². The maximum atomic E-state index is 10.8. The van der Waals surface area contributed by atoms with Crippen molar-refractivity contribution in [2.75, 3.05) is 19.8 Å². The van der Waals surface area contributed by atoms with Crippen LogP contribution in [0.4, 0.5) is 0 Å². The average Bonchev–Trinajstić information content (AvgIpc) is 2.84. The fourth-order valence-corrected chi connectivity index (χ4v) is 2.04. The Balaban J connectivity index is 1.87. The van der Waals surface area contributed by atoms with Gasteiger partial charge < -0.3 is 14.6 Å². The van der Waals surface area contributed by atoms with Crippen LogP contribution in [0.3, 0.4) is 0 Å². The largest absolute Gasteiger partial charge is 0.478 e. The second-order valence-electron chi connectivity index (χ2n) is 4.69. The normalized spacial score (nSPS) is 19.1. The molecule has 1 heterocycles. The van der Waals surface area contributed by atoms with Gasteiger partial charge in [0.25, 0.3) is 0 Å². The highest BCUT2D eigenvalue weighted by Crippen LogP contribution is 2.16. The summed E-state index contributed by atoms with van der Waals surface area (Å²) in [5.74, 6) is -0.391. The summed E-state index contributed by atoms with van der Waals surface area (Å²) < 4.78 is 10.9. The molecule has 1 N–H and O–H groups in total. The second kappa shape index (κ2) is 5.98. The molecule has 1 aromatic rings. The molecule has 0 aliphatic carbocycles. The third-order valence-corrected chi connectivity index (χ3v) is 3.22. The summed E-state index contributed by atoms with van der Waals surface area (Å²) in [5.41, 5.74) is 2.32. The van der Waals surface area contributed by atoms with Gasteiger partial charge in [0.05, 0.1) is 25.4 Å². The molecule has 1 atom stereocenters. The molecule has 1 unspecified atom stereocenters. The maximum Gasteiger partial charge on any atom is 0.335 e. The van der Waals surface area contributed by atoms with Crippen molar-refractivity contribution in [1.82, 2.24) is 0 Å². The Hall–Kier alpha value is -1.39. The van der Waals surface area contributed by atoms with E-state index >= 15 is 0 Å². The van der Waals surface area contributed by atoms with E-state index in [1.165, 1.54) is 0 Å². The van der Waals surface area contributed by atoms with Gasteiger partial charge in [-0.25, -0.2) is 4.79 Å². The summed E-state index contributed by atoms with van der Waals surface area (Å²) >= 11 is 0. The molecular formula is C14H18O4. The van der Waals surface area contributed by atoms with Gasteiger partial charge in [0.1, 0.15) is 0 Å². The summed E-state index contributed by atoms with van der Waals surface area (Å²) in [5, 5.41) is 8.87. The van der Waals surface area contributed by atoms with Crippen LogP contribution in [0, 0.1) is 12.8 Å². The Morgan fingerprint density at radius 3 is 3.00 bits per heavy atom. The number of rotatable bonds is 5. The number of aromatic carboxylic acids is 1. The minimum Gasteiger partial charge on any atom is -0.478 e. The van der Waals surface area contributed by atoms with E-state index < -0.39 is 5.97 Å². The summed E-state index contributed by atoms with van der Waals surface area (Å²) in [7, 11) is 0. The van der Waals surface area contributed by atoms with Crippen LogP contribution in [0.25, 0.3) is 0 Å². The predicted molar refractivity (Wildman–Crippen MR) is 66.7 cm³/mol. The number of carboxylic acid groups (broad SMARTS) is 1. The van der Waals surface area contributed by atoms with Gasteiger partial charge in [0.2, 0.25) is 0 Å². The first-order valence-electron chi connectivity index (χ1n) is 6.15. The molecule has 1 aliphatic rings. The summed E-state index contributed by atoms with van der Waals surface area (Å²) in [6.07, 6.45) is 1.07. The zero-order valence-corrected chi connectivity index (χ0v) is 10.5. The van der Waals surface area contributed by atoms with Gasteiger partial charge in [0, 0.05) is 12.5 Å². The van der Waals surface area contributed by atoms with Crippen LogP contribution < -0.4 is 0 Å². The lowest BCUT2D eigenvalue weighted by Gasteiger charge is -2.11. The smallest absolute Gasteiger partial charge is 0.335 e. The van der Waals surface area contributed by atoms with Crippen LogP contribution in [0.5, 0.6) is 0 Å². The van der Waals surface area contributed by atoms with Crippen LogP contribution >= 0.6 is 0 Å². The minimum absolute atomic E-state index is 0.320. The van der Waals surface area contributed by atoms with Gasteiger partial charge >= 0.3 is 5.97 Å². The number of benzene rings is 1. The van der Waals surface area contributed by atoms with Crippen molar-refractivity contribution in [2.24, 2.45) is 5.92 Å². The molecule has 0 radical (unpaired) electrons. The average molecular weight is 250 g/mol. The zero-order chi connectivity index (χ0) is 13.0. The lowest BCUT2D eigenvalue weighted by molar-refractivity contribution is 0.0695. The highest BCUT2D eigenvalue weighted by molar-refractivity contribution is 5.87. The first kappa shape index (κ1) is 13.1. The molecule has 0 amide bonds. The molecule has 18 heavy (non-hydrogen) atoms. The summed E-state index contributed by atoms with van der Waals surface area (Å²) in [6.45, 7) is 4.77. The van der Waals surface area contributed by atoms with Gasteiger partial charge in [-0.3, -0.25) is 0 Å². The van der Waals surface area contributed by atoms with Gasteiger partial charge in [0.15, 0.2) is 0 Å². The number of carboxylic acids is 1. The molecule has 0 saturated carbocycles. The first-order chi connectivity index (χ1) is 8.66. The van der Waals surface area contributed by atoms with E-state index in [1.807, 2.05) is 13.0 Å². The molecule has 0 bridgehead atoms. The lowest BCUT2D eigenvalue weighted by atomic mass is 10.1. The number of hydrogen-bond donors (Lipinski definition) is 1. The Bertz CT molecular complexity index is 422. The van der Waals surface area contributed by atoms with Crippen LogP contribution in [0.15, 0.2) is 18.2 Å².